The van der Waals surface area contributed by atoms with E-state index in [-0.39, 0.29) is 5.56 Å². The number of aromatic carboxylic acids is 1. The molecule has 0 aliphatic heterocycles. The van der Waals surface area contributed by atoms with Gasteiger partial charge in [-0.05, 0) is 22.4 Å². The van der Waals surface area contributed by atoms with E-state index in [1.807, 2.05) is 54.6 Å². The van der Waals surface area contributed by atoms with Crippen LogP contribution in [0.1, 0.15) is 10.4 Å². The van der Waals surface area contributed by atoms with E-state index in [0.717, 1.165) is 16.5 Å². The van der Waals surface area contributed by atoms with E-state index in [4.69, 9.17) is 5.73 Å². The second kappa shape index (κ2) is 4.70. The second-order valence-corrected chi connectivity index (χ2v) is 4.61. The Hall–Kier alpha value is -2.81. The van der Waals surface area contributed by atoms with Gasteiger partial charge in [0.25, 0.3) is 0 Å². The van der Waals surface area contributed by atoms with E-state index >= 15 is 0 Å². The summed E-state index contributed by atoms with van der Waals surface area (Å²) in [6, 6.07) is 18.9. The number of carboxylic acid groups (broad SMARTS) is 1. The number of nitrogen functional groups attached to an aromatic ring is 1. The minimum absolute atomic E-state index is 0.168. The highest BCUT2D eigenvalue weighted by Gasteiger charge is 2.17. The van der Waals surface area contributed by atoms with Gasteiger partial charge in [0.05, 0.1) is 11.3 Å². The average molecular weight is 263 g/mol. The van der Waals surface area contributed by atoms with E-state index in [0.29, 0.717) is 11.1 Å². The Bertz CT molecular complexity index is 795. The summed E-state index contributed by atoms with van der Waals surface area (Å²) in [7, 11) is 0. The average Bonchev–Trinajstić information content (AvgIpc) is 2.47. The van der Waals surface area contributed by atoms with Gasteiger partial charge in [0.1, 0.15) is 0 Å². The van der Waals surface area contributed by atoms with Crippen LogP contribution in [0.2, 0.25) is 0 Å². The molecular formula is C17H13NO2. The molecule has 3 heteroatoms. The molecule has 0 unspecified atom stereocenters. The summed E-state index contributed by atoms with van der Waals surface area (Å²) < 4.78 is 0. The molecule has 0 saturated heterocycles. The van der Waals surface area contributed by atoms with Gasteiger partial charge in [-0.15, -0.1) is 0 Å². The third-order valence-corrected chi connectivity index (χ3v) is 3.39. The largest absolute Gasteiger partial charge is 0.478 e. The van der Waals surface area contributed by atoms with Crippen LogP contribution < -0.4 is 5.73 Å². The first-order chi connectivity index (χ1) is 9.68. The van der Waals surface area contributed by atoms with Crippen molar-refractivity contribution in [2.45, 2.75) is 0 Å². The predicted octanol–water partition coefficient (Wildman–Crippen LogP) is 3.79. The minimum atomic E-state index is -1.00. The van der Waals surface area contributed by atoms with E-state index in [2.05, 4.69) is 0 Å². The molecule has 3 aromatic carbocycles. The first-order valence-corrected chi connectivity index (χ1v) is 6.28. The van der Waals surface area contributed by atoms with Crippen molar-refractivity contribution in [3.05, 3.63) is 66.2 Å². The van der Waals surface area contributed by atoms with Gasteiger partial charge in [-0.25, -0.2) is 4.79 Å². The van der Waals surface area contributed by atoms with Crippen LogP contribution in [0.4, 0.5) is 5.69 Å². The molecule has 3 nitrogen and oxygen atoms in total. The van der Waals surface area contributed by atoms with Gasteiger partial charge in [-0.1, -0.05) is 54.6 Å². The van der Waals surface area contributed by atoms with Crippen molar-refractivity contribution in [3.63, 3.8) is 0 Å². The quantitative estimate of drug-likeness (QED) is 0.691. The van der Waals surface area contributed by atoms with Crippen LogP contribution in [0, 0.1) is 0 Å². The molecule has 0 aliphatic rings. The lowest BCUT2D eigenvalue weighted by Crippen LogP contribution is -2.05. The maximum Gasteiger partial charge on any atom is 0.338 e. The van der Waals surface area contributed by atoms with Crippen LogP contribution in [-0.2, 0) is 0 Å². The molecule has 20 heavy (non-hydrogen) atoms. The molecule has 3 aromatic rings. The van der Waals surface area contributed by atoms with Crippen LogP contribution in [0.25, 0.3) is 21.9 Å². The summed E-state index contributed by atoms with van der Waals surface area (Å²) in [5, 5.41) is 11.0. The van der Waals surface area contributed by atoms with Gasteiger partial charge in [0.2, 0.25) is 0 Å². The fourth-order valence-corrected chi connectivity index (χ4v) is 2.45. The van der Waals surface area contributed by atoms with Crippen LogP contribution >= 0.6 is 0 Å². The molecule has 0 radical (unpaired) electrons. The monoisotopic (exact) mass is 263 g/mol. The molecule has 98 valence electrons. The van der Waals surface area contributed by atoms with Crippen LogP contribution in [0.15, 0.2) is 60.7 Å². The summed E-state index contributed by atoms with van der Waals surface area (Å²) in [4.78, 5) is 11.5. The topological polar surface area (TPSA) is 63.3 Å². The molecule has 0 bridgehead atoms. The minimum Gasteiger partial charge on any atom is -0.478 e. The molecule has 0 aliphatic carbocycles. The highest BCUT2D eigenvalue weighted by atomic mass is 16.4. The van der Waals surface area contributed by atoms with E-state index in [1.165, 1.54) is 0 Å². The van der Waals surface area contributed by atoms with Crippen molar-refractivity contribution in [2.24, 2.45) is 0 Å². The number of rotatable bonds is 2. The Morgan fingerprint density at radius 1 is 0.950 bits per heavy atom. The molecule has 0 amide bonds. The number of fused-ring (bicyclic) bond motifs is 1. The van der Waals surface area contributed by atoms with E-state index in [9.17, 15) is 9.90 Å². The maximum absolute atomic E-state index is 11.5. The highest BCUT2D eigenvalue weighted by Crippen LogP contribution is 2.34. The molecular weight excluding hydrogens is 250 g/mol. The van der Waals surface area contributed by atoms with Gasteiger partial charge in [0, 0.05) is 5.56 Å². The molecule has 0 atom stereocenters. The van der Waals surface area contributed by atoms with Crippen molar-refractivity contribution in [3.8, 4) is 11.1 Å². The van der Waals surface area contributed by atoms with E-state index in [1.54, 1.807) is 6.07 Å². The molecule has 0 heterocycles. The Labute approximate surface area is 116 Å². The van der Waals surface area contributed by atoms with E-state index < -0.39 is 5.97 Å². The fourth-order valence-electron chi connectivity index (χ4n) is 2.45. The number of benzene rings is 3. The number of nitrogens with two attached hydrogens (primary N) is 1. The summed E-state index contributed by atoms with van der Waals surface area (Å²) in [6.45, 7) is 0. The number of carbonyl (C=O) groups is 1. The van der Waals surface area contributed by atoms with Crippen LogP contribution in [0.3, 0.4) is 0 Å². The lowest BCUT2D eigenvalue weighted by molar-refractivity contribution is 0.0700. The zero-order chi connectivity index (χ0) is 14.1. The highest BCUT2D eigenvalue weighted by molar-refractivity contribution is 6.11. The standard InChI is InChI=1S/C17H13NO2/c18-16-14(11-6-2-1-3-7-11)10-12-8-4-5-9-13(12)15(16)17(19)20/h1-10H,18H2,(H,19,20). The SMILES string of the molecule is Nc1c(-c2ccccc2)cc2ccccc2c1C(=O)O. The van der Waals surface area contributed by atoms with Crippen molar-refractivity contribution in [2.75, 3.05) is 5.73 Å². The second-order valence-electron chi connectivity index (χ2n) is 4.61. The zero-order valence-corrected chi connectivity index (χ0v) is 10.7. The first-order valence-electron chi connectivity index (χ1n) is 6.28. The number of carboxylic acids is 1. The Morgan fingerprint density at radius 2 is 1.60 bits per heavy atom. The first kappa shape index (κ1) is 12.2. The van der Waals surface area contributed by atoms with Gasteiger partial charge < -0.3 is 10.8 Å². The third kappa shape index (κ3) is 1.89. The molecule has 0 aromatic heterocycles. The lowest BCUT2D eigenvalue weighted by atomic mass is 9.94. The lowest BCUT2D eigenvalue weighted by Gasteiger charge is -2.12. The Kier molecular flexibility index (Phi) is 2.88. The molecule has 0 spiro atoms. The molecule has 0 saturated carbocycles. The maximum atomic E-state index is 11.5. The molecule has 0 fully saturated rings. The number of hydrogen-bond donors (Lipinski definition) is 2. The summed E-state index contributed by atoms with van der Waals surface area (Å²) >= 11 is 0. The number of hydrogen-bond acceptors (Lipinski definition) is 2. The van der Waals surface area contributed by atoms with Crippen molar-refractivity contribution < 1.29 is 9.90 Å². The van der Waals surface area contributed by atoms with Crippen molar-refractivity contribution in [1.29, 1.82) is 0 Å². The number of anilines is 1. The van der Waals surface area contributed by atoms with Crippen molar-refractivity contribution in [1.82, 2.24) is 0 Å². The molecule has 3 N–H and O–H groups in total. The predicted molar refractivity (Wildman–Crippen MR) is 80.8 cm³/mol. The van der Waals surface area contributed by atoms with Gasteiger partial charge in [-0.3, -0.25) is 0 Å². The third-order valence-electron chi connectivity index (χ3n) is 3.39. The zero-order valence-electron chi connectivity index (χ0n) is 10.7. The summed E-state index contributed by atoms with van der Waals surface area (Å²) in [6.07, 6.45) is 0. The molecule has 3 rings (SSSR count). The summed E-state index contributed by atoms with van der Waals surface area (Å²) in [5.74, 6) is -1.00. The summed E-state index contributed by atoms with van der Waals surface area (Å²) in [5.41, 5.74) is 8.24. The van der Waals surface area contributed by atoms with Gasteiger partial charge in [0.15, 0.2) is 0 Å². The van der Waals surface area contributed by atoms with Crippen LogP contribution in [0.5, 0.6) is 0 Å². The van der Waals surface area contributed by atoms with Crippen molar-refractivity contribution >= 4 is 22.4 Å². The fraction of sp³-hybridized carbons (Fsp3) is 0. The van der Waals surface area contributed by atoms with Crippen LogP contribution in [-0.4, -0.2) is 11.1 Å². The van der Waals surface area contributed by atoms with Gasteiger partial charge in [-0.2, -0.15) is 0 Å². The Morgan fingerprint density at radius 3 is 2.30 bits per heavy atom. The van der Waals surface area contributed by atoms with Gasteiger partial charge >= 0.3 is 5.97 Å². The smallest absolute Gasteiger partial charge is 0.338 e. The Balaban J connectivity index is 2.40. The normalized spacial score (nSPS) is 10.6.